The van der Waals surface area contributed by atoms with Gasteiger partial charge in [0.2, 0.25) is 0 Å². The largest absolute Gasteiger partial charge is 0.462 e. The van der Waals surface area contributed by atoms with Gasteiger partial charge in [0, 0.05) is 19.6 Å². The number of benzene rings is 2. The molecule has 428 valence electrons. The van der Waals surface area contributed by atoms with Gasteiger partial charge >= 0.3 is 61.3 Å². The molecule has 2 aromatic carbocycles. The number of hydrogen-bond donors (Lipinski definition) is 1. The van der Waals surface area contributed by atoms with Crippen LogP contribution in [0.4, 0.5) is 111 Å². The highest BCUT2D eigenvalue weighted by molar-refractivity contribution is 6.29. The van der Waals surface area contributed by atoms with Gasteiger partial charge in [-0.2, -0.15) is 105 Å². The first-order valence-corrected chi connectivity index (χ1v) is 21.6. The minimum atomic E-state index is -5.42. The van der Waals surface area contributed by atoms with Crippen LogP contribution in [0.1, 0.15) is 92.2 Å². The molecule has 0 spiro atoms. The highest BCUT2D eigenvalue weighted by Crippen LogP contribution is 2.52. The van der Waals surface area contributed by atoms with E-state index in [-0.39, 0.29) is 61.3 Å². The molecule has 2 aliphatic rings. The third kappa shape index (κ3) is 14.8. The molecular weight excluding hydrogens is 1140 g/mol. The van der Waals surface area contributed by atoms with Gasteiger partial charge in [-0.05, 0) is 105 Å². The van der Waals surface area contributed by atoms with E-state index >= 15 is 0 Å². The lowest BCUT2D eigenvalue weighted by Gasteiger charge is -2.33. The van der Waals surface area contributed by atoms with Crippen molar-refractivity contribution in [1.29, 1.82) is 0 Å². The minimum absolute atomic E-state index is 0.0151. The van der Waals surface area contributed by atoms with Crippen LogP contribution in [0, 0.1) is 0 Å². The van der Waals surface area contributed by atoms with E-state index in [9.17, 15) is 115 Å². The zero-order valence-corrected chi connectivity index (χ0v) is 39.1. The second kappa shape index (κ2) is 22.4. The zero-order valence-electron chi connectivity index (χ0n) is 38.4. The van der Waals surface area contributed by atoms with Gasteiger partial charge in [0.25, 0.3) is 0 Å². The fourth-order valence-electron chi connectivity index (χ4n) is 7.68. The number of anilines is 1. The monoisotopic (exact) mass is 1170 g/mol. The molecule has 0 aliphatic carbocycles. The van der Waals surface area contributed by atoms with Gasteiger partial charge < -0.3 is 19.7 Å². The maximum atomic E-state index is 14.3. The van der Waals surface area contributed by atoms with Gasteiger partial charge in [0.15, 0.2) is 11.4 Å². The summed E-state index contributed by atoms with van der Waals surface area (Å²) in [7, 11) is 0. The summed E-state index contributed by atoms with van der Waals surface area (Å²) in [6.45, 7) is -0.487. The van der Waals surface area contributed by atoms with Crippen molar-refractivity contribution >= 4 is 29.4 Å². The standard InChI is InChI=1S/C22H16F12N2O2.C13H10F9N.C9H7ClF3NO2/c1-2-38-17(37)14-3-4-15(35-16(14)21(29,30)31)36-6-5-18(10-36,22(32,33)34)11-7-12(19(23,24)25)9-13(8-11)20(26,27)28;14-11(15,16)8-3-7(4-9(5-8)12(17,18)19)10(13(20,21)22)1-2-23-6-10;1-2-16-8(15)5-3-4-6(10)14-7(5)9(11,12)13/h3-4,7-9H,2,5-6,10H2,1H3;3-5,23H,1-2,6H2;3-4H,2H2,1H3. The van der Waals surface area contributed by atoms with Crippen LogP contribution in [0.5, 0.6) is 0 Å². The van der Waals surface area contributed by atoms with Gasteiger partial charge in [0.1, 0.15) is 21.8 Å². The Balaban J connectivity index is 0.000000277. The van der Waals surface area contributed by atoms with Crippen LogP contribution in [0.2, 0.25) is 5.15 Å². The number of aromatic nitrogens is 2. The lowest BCUT2D eigenvalue weighted by Crippen LogP contribution is -2.45. The van der Waals surface area contributed by atoms with Gasteiger partial charge in [-0.3, -0.25) is 0 Å². The molecule has 2 aliphatic heterocycles. The Morgan fingerprint density at radius 2 is 0.909 bits per heavy atom. The normalized spacial score (nSPS) is 18.8. The number of alkyl halides is 24. The number of nitrogens with one attached hydrogen (secondary N) is 1. The molecule has 1 N–H and O–H groups in total. The number of halogens is 25. The van der Waals surface area contributed by atoms with Crippen LogP contribution in [0.25, 0.3) is 0 Å². The first-order chi connectivity index (χ1) is 34.8. The third-order valence-corrected chi connectivity index (χ3v) is 11.6. The lowest BCUT2D eigenvalue weighted by atomic mass is 9.77. The maximum Gasteiger partial charge on any atom is 0.434 e. The van der Waals surface area contributed by atoms with Crippen molar-refractivity contribution in [3.63, 3.8) is 0 Å². The Bertz CT molecular complexity index is 2670. The number of rotatable bonds is 7. The van der Waals surface area contributed by atoms with Crippen molar-refractivity contribution in [1.82, 2.24) is 15.3 Å². The third-order valence-electron chi connectivity index (χ3n) is 11.4. The van der Waals surface area contributed by atoms with E-state index in [1.807, 2.05) is 0 Å². The average Bonchev–Trinajstić information content (AvgIpc) is 3.99. The predicted molar refractivity (Wildman–Crippen MR) is 218 cm³/mol. The molecule has 2 saturated heterocycles. The topological polar surface area (TPSA) is 93.7 Å². The fraction of sp³-hybridized carbons (Fsp3) is 0.455. The van der Waals surface area contributed by atoms with Crippen LogP contribution in [0.15, 0.2) is 60.7 Å². The first kappa shape index (κ1) is 63.6. The summed E-state index contributed by atoms with van der Waals surface area (Å²) < 4.78 is 327. The molecule has 4 heterocycles. The highest BCUT2D eigenvalue weighted by Gasteiger charge is 2.61. The van der Waals surface area contributed by atoms with Crippen LogP contribution < -0.4 is 10.2 Å². The Kier molecular flexibility index (Phi) is 18.5. The molecule has 2 fully saturated rings. The van der Waals surface area contributed by atoms with Gasteiger partial charge in [-0.15, -0.1) is 0 Å². The van der Waals surface area contributed by atoms with Crippen molar-refractivity contribution in [3.05, 3.63) is 122 Å². The summed E-state index contributed by atoms with van der Waals surface area (Å²) in [5.74, 6) is -3.20. The summed E-state index contributed by atoms with van der Waals surface area (Å²) >= 11 is 5.34. The Labute approximate surface area is 421 Å². The summed E-state index contributed by atoms with van der Waals surface area (Å²) in [6.07, 6.45) is -43.3. The molecule has 0 bridgehead atoms. The molecule has 8 nitrogen and oxygen atoms in total. The molecule has 0 amide bonds. The first-order valence-electron chi connectivity index (χ1n) is 21.2. The molecule has 6 rings (SSSR count). The number of carbonyl (C=O) groups is 2. The zero-order chi connectivity index (χ0) is 58.9. The van der Waals surface area contributed by atoms with E-state index in [0.29, 0.717) is 11.0 Å². The quantitative estimate of drug-likeness (QED) is 0.111. The van der Waals surface area contributed by atoms with Crippen LogP contribution in [-0.2, 0) is 57.4 Å². The van der Waals surface area contributed by atoms with E-state index in [1.54, 1.807) is 0 Å². The number of esters is 2. The summed E-state index contributed by atoms with van der Waals surface area (Å²) in [6, 6.07) is 3.12. The van der Waals surface area contributed by atoms with E-state index in [2.05, 4.69) is 24.8 Å². The number of hydrogen-bond acceptors (Lipinski definition) is 8. The van der Waals surface area contributed by atoms with Crippen molar-refractivity contribution in [2.45, 2.75) is 86.9 Å². The highest BCUT2D eigenvalue weighted by atomic mass is 35.5. The molecular formula is C44H33ClF24N4O4. The number of carbonyl (C=O) groups excluding carboxylic acids is 2. The minimum Gasteiger partial charge on any atom is -0.462 e. The van der Waals surface area contributed by atoms with Gasteiger partial charge in [0.05, 0.1) is 46.6 Å². The van der Waals surface area contributed by atoms with E-state index < -0.39 is 166 Å². The SMILES string of the molecule is CCOC(=O)c1ccc(Cl)nc1C(F)(F)F.CCOC(=O)c1ccc(N2CCC(c3cc(C(F)(F)F)cc(C(F)(F)F)c3)(C(F)(F)F)C2)nc1C(F)(F)F.FC(F)(F)c1cc(C(F)(F)F)cc(C2(C(F)(F)F)CCNC2)c1. The molecule has 2 aromatic heterocycles. The maximum absolute atomic E-state index is 14.3. The van der Waals surface area contributed by atoms with Gasteiger partial charge in [-0.1, -0.05) is 11.6 Å². The van der Waals surface area contributed by atoms with E-state index in [1.165, 1.54) is 13.8 Å². The number of pyridine rings is 2. The second-order valence-corrected chi connectivity index (χ2v) is 16.8. The smallest absolute Gasteiger partial charge is 0.434 e. The lowest BCUT2D eigenvalue weighted by molar-refractivity contribution is -0.186. The molecule has 2 unspecified atom stereocenters. The van der Waals surface area contributed by atoms with Gasteiger partial charge in [-0.25, -0.2) is 19.6 Å². The molecule has 77 heavy (non-hydrogen) atoms. The molecule has 33 heteroatoms. The van der Waals surface area contributed by atoms with Crippen LogP contribution in [-0.4, -0.2) is 73.7 Å². The van der Waals surface area contributed by atoms with Crippen LogP contribution in [0.3, 0.4) is 0 Å². The summed E-state index contributed by atoms with van der Waals surface area (Å²) in [5, 5.41) is 2.02. The van der Waals surface area contributed by atoms with E-state index in [0.717, 1.165) is 18.2 Å². The molecule has 2 atom stereocenters. The van der Waals surface area contributed by atoms with Crippen LogP contribution >= 0.6 is 11.6 Å². The van der Waals surface area contributed by atoms with Crippen molar-refractivity contribution in [2.75, 3.05) is 44.3 Å². The van der Waals surface area contributed by atoms with Crippen molar-refractivity contribution < 1.29 is 124 Å². The molecule has 0 saturated carbocycles. The number of nitrogens with zero attached hydrogens (tertiary/aromatic N) is 3. The Morgan fingerprint density at radius 1 is 0.532 bits per heavy atom. The number of ether oxygens (including phenoxy) is 2. The Hall–Kier alpha value is -5.95. The summed E-state index contributed by atoms with van der Waals surface area (Å²) in [5.41, 5.74) is -20.7. The molecule has 4 aromatic rings. The summed E-state index contributed by atoms with van der Waals surface area (Å²) in [4.78, 5) is 30.1. The fourth-order valence-corrected chi connectivity index (χ4v) is 7.83. The average molecular weight is 1170 g/mol. The second-order valence-electron chi connectivity index (χ2n) is 16.4. The Morgan fingerprint density at radius 3 is 1.25 bits per heavy atom. The van der Waals surface area contributed by atoms with Crippen molar-refractivity contribution in [3.8, 4) is 0 Å². The van der Waals surface area contributed by atoms with Crippen molar-refractivity contribution in [2.24, 2.45) is 0 Å². The predicted octanol–water partition coefficient (Wildman–Crippen LogP) is 14.5. The van der Waals surface area contributed by atoms with E-state index in [4.69, 9.17) is 11.6 Å². The molecule has 0 radical (unpaired) electrons.